The van der Waals surface area contributed by atoms with Gasteiger partial charge in [-0.15, -0.1) is 0 Å². The molecule has 0 spiro atoms. The average molecular weight is 304 g/mol. The molecule has 0 aliphatic heterocycles. The van der Waals surface area contributed by atoms with Crippen LogP contribution in [0.15, 0.2) is 23.7 Å². The Labute approximate surface area is 134 Å². The third-order valence-electron chi connectivity index (χ3n) is 3.81. The van der Waals surface area contributed by atoms with Gasteiger partial charge in [-0.3, -0.25) is 4.98 Å². The first kappa shape index (κ1) is 18.2. The first-order chi connectivity index (χ1) is 10.4. The maximum atomic E-state index is 10.5. The van der Waals surface area contributed by atoms with Crippen molar-refractivity contribution in [2.24, 2.45) is 5.92 Å². The number of hydrogen-bond donors (Lipinski definition) is 2. The number of aromatic nitrogens is 1. The van der Waals surface area contributed by atoms with Gasteiger partial charge < -0.3 is 5.11 Å². The third kappa shape index (κ3) is 5.17. The van der Waals surface area contributed by atoms with Crippen LogP contribution in [0.2, 0.25) is 0 Å². The zero-order chi connectivity index (χ0) is 16.7. The highest BCUT2D eigenvalue weighted by Gasteiger charge is 2.19. The van der Waals surface area contributed by atoms with E-state index < -0.39 is 0 Å². The molecule has 0 saturated carbocycles. The zero-order valence-corrected chi connectivity index (χ0v) is 14.8. The quantitative estimate of drug-likeness (QED) is 0.446. The van der Waals surface area contributed by atoms with Crippen LogP contribution in [0.1, 0.15) is 51.4 Å². The van der Waals surface area contributed by atoms with Crippen LogP contribution in [0.5, 0.6) is 0 Å². The molecule has 4 nitrogen and oxygen atoms in total. The first-order valence-corrected chi connectivity index (χ1v) is 8.04. The number of pyridine rings is 1. The minimum atomic E-state index is 0.390. The molecule has 1 heterocycles. The number of nitrogens with one attached hydrogen (secondary N) is 1. The molecule has 122 valence electrons. The van der Waals surface area contributed by atoms with Crippen molar-refractivity contribution in [3.8, 4) is 0 Å². The topological polar surface area (TPSA) is 48.2 Å². The number of nitrogens with zero attached hydrogens (tertiary/aromatic N) is 2. The predicted octanol–water partition coefficient (Wildman–Crippen LogP) is 4.40. The summed E-state index contributed by atoms with van der Waals surface area (Å²) in [5, 5.41) is 13.9. The monoisotopic (exact) mass is 304 g/mol. The summed E-state index contributed by atoms with van der Waals surface area (Å²) in [5.74, 6) is 1.57. The van der Waals surface area contributed by atoms with E-state index >= 15 is 0 Å². The number of allylic oxidation sites excluding steroid dienone is 1. The fourth-order valence-corrected chi connectivity index (χ4v) is 2.46. The van der Waals surface area contributed by atoms with Gasteiger partial charge in [-0.05, 0) is 38.8 Å². The Morgan fingerprint density at radius 1 is 1.41 bits per heavy atom. The second-order valence-electron chi connectivity index (χ2n) is 5.97. The molecule has 0 saturated heterocycles. The molecular formula is C18H30N3O+. The van der Waals surface area contributed by atoms with E-state index in [1.165, 1.54) is 0 Å². The Hall–Kier alpha value is -1.84. The maximum absolute atomic E-state index is 10.5. The van der Waals surface area contributed by atoms with E-state index in [9.17, 15) is 5.11 Å². The standard InChI is InChI=1S/C18H29N3O/c1-7-9-13(3)12-17(22)18(21(6)8-2)20-16-11-10-14(4)19-15(16)5/h8,10-11,13,20H,7,9,12H2,1-6H3/p+1. The number of rotatable bonds is 7. The predicted molar refractivity (Wildman–Crippen MR) is 93.6 cm³/mol. The molecule has 0 bridgehead atoms. The Bertz CT molecular complexity index is 561. The van der Waals surface area contributed by atoms with E-state index in [1.807, 2.05) is 50.7 Å². The molecule has 0 fully saturated rings. The summed E-state index contributed by atoms with van der Waals surface area (Å²) < 4.78 is 1.91. The number of anilines is 1. The van der Waals surface area contributed by atoms with Gasteiger partial charge in [0.1, 0.15) is 5.69 Å². The fraction of sp³-hybridized carbons (Fsp3) is 0.556. The van der Waals surface area contributed by atoms with E-state index in [0.29, 0.717) is 18.1 Å². The minimum Gasteiger partial charge on any atom is -0.505 e. The molecule has 1 atom stereocenters. The lowest BCUT2D eigenvalue weighted by Gasteiger charge is -2.13. The minimum absolute atomic E-state index is 0.390. The second kappa shape index (κ2) is 8.57. The summed E-state index contributed by atoms with van der Waals surface area (Å²) in [6.45, 7) is 10.2. The number of aliphatic hydroxyl groups is 1. The molecule has 0 aromatic carbocycles. The van der Waals surface area contributed by atoms with Crippen LogP contribution < -0.4 is 5.32 Å². The summed E-state index contributed by atoms with van der Waals surface area (Å²) in [5.41, 5.74) is 2.84. The number of aryl methyl sites for hydroxylation is 2. The van der Waals surface area contributed by atoms with Crippen LogP contribution in [-0.2, 0) is 0 Å². The number of aliphatic hydroxyl groups excluding tert-OH is 1. The van der Waals surface area contributed by atoms with Gasteiger partial charge in [-0.25, -0.2) is 9.89 Å². The van der Waals surface area contributed by atoms with Crippen molar-refractivity contribution in [2.75, 3.05) is 12.4 Å². The smallest absolute Gasteiger partial charge is 0.317 e. The Morgan fingerprint density at radius 3 is 2.64 bits per heavy atom. The lowest BCUT2D eigenvalue weighted by Crippen LogP contribution is -2.18. The lowest BCUT2D eigenvalue weighted by atomic mass is 10.0. The van der Waals surface area contributed by atoms with Crippen LogP contribution in [0.25, 0.3) is 0 Å². The van der Waals surface area contributed by atoms with E-state index in [-0.39, 0.29) is 0 Å². The van der Waals surface area contributed by atoms with Crippen LogP contribution in [-0.4, -0.2) is 27.9 Å². The molecule has 0 aliphatic carbocycles. The largest absolute Gasteiger partial charge is 0.505 e. The highest BCUT2D eigenvalue weighted by atomic mass is 16.3. The molecule has 1 unspecified atom stereocenters. The van der Waals surface area contributed by atoms with Gasteiger partial charge in [0, 0.05) is 12.1 Å². The molecule has 2 N–H and O–H groups in total. The van der Waals surface area contributed by atoms with Gasteiger partial charge in [0.15, 0.2) is 5.76 Å². The molecule has 22 heavy (non-hydrogen) atoms. The second-order valence-corrected chi connectivity index (χ2v) is 5.97. The van der Waals surface area contributed by atoms with Gasteiger partial charge in [-0.1, -0.05) is 26.7 Å². The van der Waals surface area contributed by atoms with Gasteiger partial charge >= 0.3 is 5.82 Å². The number of hydrogen-bond acceptors (Lipinski definition) is 3. The van der Waals surface area contributed by atoms with Gasteiger partial charge in [-0.2, -0.15) is 0 Å². The normalized spacial score (nSPS) is 14.5. The summed E-state index contributed by atoms with van der Waals surface area (Å²) in [6, 6.07) is 3.98. The summed E-state index contributed by atoms with van der Waals surface area (Å²) in [7, 11) is 1.93. The maximum Gasteiger partial charge on any atom is 0.317 e. The van der Waals surface area contributed by atoms with Crippen molar-refractivity contribution in [2.45, 2.75) is 53.9 Å². The van der Waals surface area contributed by atoms with E-state index in [4.69, 9.17) is 0 Å². The van der Waals surface area contributed by atoms with Crippen LogP contribution >= 0.6 is 0 Å². The molecule has 0 aliphatic rings. The zero-order valence-electron chi connectivity index (χ0n) is 14.8. The summed E-state index contributed by atoms with van der Waals surface area (Å²) in [6.07, 6.45) is 4.85. The van der Waals surface area contributed by atoms with Crippen LogP contribution in [0.4, 0.5) is 5.69 Å². The Balaban J connectivity index is 3.07. The van der Waals surface area contributed by atoms with Crippen molar-refractivity contribution in [1.82, 2.24) is 4.98 Å². The van der Waals surface area contributed by atoms with Crippen LogP contribution in [0.3, 0.4) is 0 Å². The molecular weight excluding hydrogens is 274 g/mol. The SMILES string of the molecule is CC=[N+](C)C(Nc1ccc(C)nc1C)=C(O)CC(C)CCC. The molecule has 0 radical (unpaired) electrons. The van der Waals surface area contributed by atoms with Gasteiger partial charge in [0.25, 0.3) is 0 Å². The lowest BCUT2D eigenvalue weighted by molar-refractivity contribution is -0.439. The van der Waals surface area contributed by atoms with Crippen molar-refractivity contribution in [3.05, 3.63) is 35.1 Å². The van der Waals surface area contributed by atoms with Crippen molar-refractivity contribution < 1.29 is 9.68 Å². The molecule has 1 aromatic rings. The van der Waals surface area contributed by atoms with Crippen LogP contribution in [0, 0.1) is 19.8 Å². The van der Waals surface area contributed by atoms with E-state index in [0.717, 1.165) is 35.7 Å². The van der Waals surface area contributed by atoms with Gasteiger partial charge in [0.2, 0.25) is 0 Å². The molecule has 1 rings (SSSR count). The molecule has 1 aromatic heterocycles. The van der Waals surface area contributed by atoms with Gasteiger partial charge in [0.05, 0.1) is 19.0 Å². The van der Waals surface area contributed by atoms with E-state index in [1.54, 1.807) is 0 Å². The Morgan fingerprint density at radius 2 is 2.09 bits per heavy atom. The highest BCUT2D eigenvalue weighted by Crippen LogP contribution is 2.21. The average Bonchev–Trinajstić information content (AvgIpc) is 2.45. The van der Waals surface area contributed by atoms with Crippen molar-refractivity contribution in [1.29, 1.82) is 0 Å². The third-order valence-corrected chi connectivity index (χ3v) is 3.81. The molecule has 4 heteroatoms. The summed E-state index contributed by atoms with van der Waals surface area (Å²) >= 11 is 0. The molecule has 0 amide bonds. The van der Waals surface area contributed by atoms with E-state index in [2.05, 4.69) is 24.1 Å². The first-order valence-electron chi connectivity index (χ1n) is 8.04. The van der Waals surface area contributed by atoms with Crippen molar-refractivity contribution >= 4 is 11.9 Å². The highest BCUT2D eigenvalue weighted by molar-refractivity contribution is 5.53. The summed E-state index contributed by atoms with van der Waals surface area (Å²) in [4.78, 5) is 4.47. The Kier molecular flexibility index (Phi) is 7.09. The van der Waals surface area contributed by atoms with Crippen molar-refractivity contribution in [3.63, 3.8) is 0 Å². The fourth-order valence-electron chi connectivity index (χ4n) is 2.46.